The average Bonchev–Trinajstić information content (AvgIpc) is 2.81. The van der Waals surface area contributed by atoms with Crippen molar-refractivity contribution in [3.05, 3.63) is 0 Å². The first kappa shape index (κ1) is 18.1. The third-order valence-corrected chi connectivity index (χ3v) is 4.67. The van der Waals surface area contributed by atoms with Gasteiger partial charge in [-0.2, -0.15) is 0 Å². The molecule has 0 aliphatic carbocycles. The minimum Gasteiger partial charge on any atom is -0.480 e. The van der Waals surface area contributed by atoms with Gasteiger partial charge < -0.3 is 19.5 Å². The molecule has 8 heteroatoms. The average molecular weight is 320 g/mol. The van der Waals surface area contributed by atoms with Gasteiger partial charge in [-0.15, -0.1) is 11.8 Å². The quantitative estimate of drug-likeness (QED) is 0.752. The number of aliphatic carboxylic acids is 1. The lowest BCUT2D eigenvalue weighted by Crippen LogP contribution is -2.54. The second kappa shape index (κ2) is 8.45. The van der Waals surface area contributed by atoms with Crippen molar-refractivity contribution in [2.75, 3.05) is 39.7 Å². The normalized spacial score (nSPS) is 23.1. The van der Waals surface area contributed by atoms with Gasteiger partial charge in [0.2, 0.25) is 0 Å². The molecule has 0 bridgehead atoms. The largest absolute Gasteiger partial charge is 0.480 e. The smallest absolute Gasteiger partial charge is 0.327 e. The zero-order chi connectivity index (χ0) is 16.0. The highest BCUT2D eigenvalue weighted by Crippen LogP contribution is 2.30. The number of carboxylic acids is 1. The first-order valence-corrected chi connectivity index (χ1v) is 7.90. The molecular formula is C13H24N2O5S. The van der Waals surface area contributed by atoms with Gasteiger partial charge in [-0.25, -0.2) is 9.59 Å². The number of rotatable bonds is 7. The Balaban J connectivity index is 2.88. The molecule has 3 atom stereocenters. The van der Waals surface area contributed by atoms with Crippen LogP contribution in [0.5, 0.6) is 0 Å². The lowest BCUT2D eigenvalue weighted by molar-refractivity contribution is -0.141. The van der Waals surface area contributed by atoms with Gasteiger partial charge in [0.05, 0.1) is 24.6 Å². The van der Waals surface area contributed by atoms with E-state index in [9.17, 15) is 14.7 Å². The van der Waals surface area contributed by atoms with Crippen molar-refractivity contribution in [2.45, 2.75) is 31.3 Å². The molecule has 3 unspecified atom stereocenters. The third kappa shape index (κ3) is 4.49. The van der Waals surface area contributed by atoms with Crippen LogP contribution in [0.25, 0.3) is 0 Å². The number of thioether (sulfide) groups is 1. The predicted molar refractivity (Wildman–Crippen MR) is 80.5 cm³/mol. The fourth-order valence-electron chi connectivity index (χ4n) is 2.30. The summed E-state index contributed by atoms with van der Waals surface area (Å²) in [6.45, 7) is 4.91. The molecule has 122 valence electrons. The number of amides is 2. The maximum absolute atomic E-state index is 12.8. The Kier molecular flexibility index (Phi) is 7.27. The van der Waals surface area contributed by atoms with Crippen LogP contribution in [0, 0.1) is 0 Å². The highest BCUT2D eigenvalue weighted by atomic mass is 32.2. The van der Waals surface area contributed by atoms with Gasteiger partial charge in [0.15, 0.2) is 0 Å². The van der Waals surface area contributed by atoms with Crippen molar-refractivity contribution in [3.8, 4) is 0 Å². The standard InChI is InChI=1S/C13H24N2O5S/c1-9(7-20-4)14(5-6-19-3)13(18)15-10(2)21-8-11(15)12(16)17/h9-11H,5-8H2,1-4H3,(H,16,17). The van der Waals surface area contributed by atoms with Crippen LogP contribution in [-0.2, 0) is 14.3 Å². The summed E-state index contributed by atoms with van der Waals surface area (Å²) >= 11 is 1.47. The fraction of sp³-hybridized carbons (Fsp3) is 0.846. The second-order valence-corrected chi connectivity index (χ2v) is 6.32. The minimum atomic E-state index is -0.966. The highest BCUT2D eigenvalue weighted by molar-refractivity contribution is 8.00. The number of nitrogens with zero attached hydrogens (tertiary/aromatic N) is 2. The van der Waals surface area contributed by atoms with E-state index in [1.54, 1.807) is 19.1 Å². The molecule has 1 aliphatic heterocycles. The molecule has 2 amide bonds. The monoisotopic (exact) mass is 320 g/mol. The van der Waals surface area contributed by atoms with Gasteiger partial charge in [-0.3, -0.25) is 4.90 Å². The van der Waals surface area contributed by atoms with Crippen molar-refractivity contribution in [1.82, 2.24) is 9.80 Å². The van der Waals surface area contributed by atoms with E-state index in [4.69, 9.17) is 9.47 Å². The highest BCUT2D eigenvalue weighted by Gasteiger charge is 2.42. The molecule has 1 aliphatic rings. The molecule has 0 saturated carbocycles. The second-order valence-electron chi connectivity index (χ2n) is 4.97. The van der Waals surface area contributed by atoms with Gasteiger partial charge >= 0.3 is 12.0 Å². The summed E-state index contributed by atoms with van der Waals surface area (Å²) in [5.41, 5.74) is 0. The molecular weight excluding hydrogens is 296 g/mol. The molecule has 21 heavy (non-hydrogen) atoms. The van der Waals surface area contributed by atoms with Crippen molar-refractivity contribution in [3.63, 3.8) is 0 Å². The van der Waals surface area contributed by atoms with E-state index in [1.165, 1.54) is 16.7 Å². The molecule has 1 N–H and O–H groups in total. The molecule has 1 heterocycles. The van der Waals surface area contributed by atoms with E-state index < -0.39 is 12.0 Å². The lowest BCUT2D eigenvalue weighted by Gasteiger charge is -2.35. The van der Waals surface area contributed by atoms with E-state index in [-0.39, 0.29) is 17.4 Å². The summed E-state index contributed by atoms with van der Waals surface area (Å²) in [5, 5.41) is 9.12. The summed E-state index contributed by atoms with van der Waals surface area (Å²) in [5.74, 6) is -0.551. The molecule has 1 saturated heterocycles. The number of carbonyl (C=O) groups is 2. The zero-order valence-corrected chi connectivity index (χ0v) is 13.8. The Morgan fingerprint density at radius 1 is 1.43 bits per heavy atom. The molecule has 7 nitrogen and oxygen atoms in total. The Bertz CT molecular complexity index is 368. The van der Waals surface area contributed by atoms with Gasteiger partial charge in [0.1, 0.15) is 6.04 Å². The first-order valence-electron chi connectivity index (χ1n) is 6.85. The van der Waals surface area contributed by atoms with Crippen molar-refractivity contribution >= 4 is 23.8 Å². The Morgan fingerprint density at radius 3 is 2.62 bits per heavy atom. The maximum Gasteiger partial charge on any atom is 0.327 e. The molecule has 0 aromatic carbocycles. The topological polar surface area (TPSA) is 79.3 Å². The van der Waals surface area contributed by atoms with Crippen molar-refractivity contribution in [2.24, 2.45) is 0 Å². The van der Waals surface area contributed by atoms with Crippen LogP contribution in [0.3, 0.4) is 0 Å². The lowest BCUT2D eigenvalue weighted by atomic mass is 10.2. The number of methoxy groups -OCH3 is 2. The van der Waals surface area contributed by atoms with Crippen LogP contribution in [0.1, 0.15) is 13.8 Å². The molecule has 0 spiro atoms. The van der Waals surface area contributed by atoms with Crippen LogP contribution in [-0.4, -0.2) is 84.1 Å². The van der Waals surface area contributed by atoms with Gasteiger partial charge in [-0.1, -0.05) is 0 Å². The first-order chi connectivity index (χ1) is 9.93. The van der Waals surface area contributed by atoms with E-state index >= 15 is 0 Å². The molecule has 1 fully saturated rings. The third-order valence-electron chi connectivity index (χ3n) is 3.45. The van der Waals surface area contributed by atoms with Gasteiger partial charge in [0.25, 0.3) is 0 Å². The van der Waals surface area contributed by atoms with Crippen LogP contribution in [0.2, 0.25) is 0 Å². The molecule has 0 aromatic rings. The summed E-state index contributed by atoms with van der Waals surface area (Å²) in [7, 11) is 3.14. The van der Waals surface area contributed by atoms with E-state index in [2.05, 4.69) is 0 Å². The van der Waals surface area contributed by atoms with Gasteiger partial charge in [-0.05, 0) is 13.8 Å². The van der Waals surface area contributed by atoms with Crippen molar-refractivity contribution < 1.29 is 24.2 Å². The number of hydrogen-bond donors (Lipinski definition) is 1. The molecule has 0 aromatic heterocycles. The van der Waals surface area contributed by atoms with Crippen LogP contribution >= 0.6 is 11.8 Å². The van der Waals surface area contributed by atoms with Gasteiger partial charge in [0, 0.05) is 26.5 Å². The Hall–Kier alpha value is -0.990. The van der Waals surface area contributed by atoms with Crippen LogP contribution in [0.15, 0.2) is 0 Å². The minimum absolute atomic E-state index is 0.148. The predicted octanol–water partition coefficient (Wildman–Crippen LogP) is 0.938. The van der Waals surface area contributed by atoms with Crippen LogP contribution in [0.4, 0.5) is 4.79 Å². The zero-order valence-electron chi connectivity index (χ0n) is 12.9. The van der Waals surface area contributed by atoms with E-state index in [0.29, 0.717) is 25.5 Å². The summed E-state index contributed by atoms with van der Waals surface area (Å²) in [6.07, 6.45) is 0. The SMILES string of the molecule is COCCN(C(=O)N1C(C)SCC1C(=O)O)C(C)COC. The fourth-order valence-corrected chi connectivity index (χ4v) is 3.46. The van der Waals surface area contributed by atoms with E-state index in [0.717, 1.165) is 0 Å². The number of carboxylic acid groups (broad SMARTS) is 1. The maximum atomic E-state index is 12.8. The number of carbonyl (C=O) groups excluding carboxylic acids is 1. The number of ether oxygens (including phenoxy) is 2. The summed E-state index contributed by atoms with van der Waals surface area (Å²) in [4.78, 5) is 27.1. The van der Waals surface area contributed by atoms with Crippen LogP contribution < -0.4 is 0 Å². The Morgan fingerprint density at radius 2 is 2.10 bits per heavy atom. The number of hydrogen-bond acceptors (Lipinski definition) is 5. The van der Waals surface area contributed by atoms with Crippen molar-refractivity contribution in [1.29, 1.82) is 0 Å². The summed E-state index contributed by atoms with van der Waals surface area (Å²) in [6, 6.07) is -1.20. The summed E-state index contributed by atoms with van der Waals surface area (Å²) < 4.78 is 10.1. The number of urea groups is 1. The molecule has 0 radical (unpaired) electrons. The van der Waals surface area contributed by atoms with E-state index in [1.807, 2.05) is 13.8 Å². The Labute approximate surface area is 129 Å². The molecule has 1 rings (SSSR count).